The van der Waals surface area contributed by atoms with Gasteiger partial charge in [0.15, 0.2) is 17.8 Å². The summed E-state index contributed by atoms with van der Waals surface area (Å²) >= 11 is 0. The van der Waals surface area contributed by atoms with E-state index in [0.717, 1.165) is 5.56 Å². The van der Waals surface area contributed by atoms with Gasteiger partial charge in [-0.05, 0) is 30.2 Å². The molecule has 2 spiro atoms. The van der Waals surface area contributed by atoms with Crippen molar-refractivity contribution < 1.29 is 53.0 Å². The molecule has 2 unspecified atom stereocenters. The van der Waals surface area contributed by atoms with Crippen molar-refractivity contribution in [2.75, 3.05) is 6.79 Å². The van der Waals surface area contributed by atoms with Gasteiger partial charge in [0.25, 0.3) is 0 Å². The van der Waals surface area contributed by atoms with Crippen molar-refractivity contribution in [3.05, 3.63) is 35.9 Å². The highest BCUT2D eigenvalue weighted by Gasteiger charge is 3.04. The number of rotatable bonds is 5. The first-order valence-corrected chi connectivity index (χ1v) is 13.3. The molecule has 4 saturated heterocycles. The standard InChI is InChI=1S/C28H32O11/c1-13-20(30)37-18-17(29)26-16-10-15(24(2,3)4)25(26)19(35-12-34-11-14-8-6-5-7-9-14)21(31)38-23(25)39-28(26,22(32)36-16)27(13,18)33/h5-9,13,15-19,23,29,33H,10-12H2,1-4H3/t13-,15?,16-,17+,18+,19+,23+,25?,26+,27-,28-/m1/s1. The maximum atomic E-state index is 13.8. The van der Waals surface area contributed by atoms with E-state index in [4.69, 9.17) is 28.4 Å². The Labute approximate surface area is 224 Å². The van der Waals surface area contributed by atoms with Crippen molar-refractivity contribution in [2.24, 2.45) is 28.1 Å². The summed E-state index contributed by atoms with van der Waals surface area (Å²) in [5.74, 6) is -4.03. The first kappa shape index (κ1) is 25.4. The van der Waals surface area contributed by atoms with Crippen LogP contribution in [0.15, 0.2) is 30.3 Å². The van der Waals surface area contributed by atoms with Crippen LogP contribution in [0.5, 0.6) is 0 Å². The maximum Gasteiger partial charge on any atom is 0.343 e. The van der Waals surface area contributed by atoms with Gasteiger partial charge in [0, 0.05) is 0 Å². The van der Waals surface area contributed by atoms with Crippen LogP contribution < -0.4 is 0 Å². The lowest BCUT2D eigenvalue weighted by Crippen LogP contribution is -2.67. The predicted molar refractivity (Wildman–Crippen MR) is 127 cm³/mol. The van der Waals surface area contributed by atoms with E-state index >= 15 is 0 Å². The SMILES string of the molecule is C[C@@H]1C(=O)O[C@H]2[C@H](O)[C@@]34[C@H]5CC(C(C)(C)C)C36[C@@H](OC(=O)[C@@H]6OCOCc3ccccc3)O[C@@]4(C(=O)O5)[C@@]12O. The molecular weight excluding hydrogens is 512 g/mol. The molecule has 11 nitrogen and oxygen atoms in total. The molecule has 7 rings (SSSR count). The molecule has 6 aliphatic rings. The third kappa shape index (κ3) is 2.48. The van der Waals surface area contributed by atoms with Gasteiger partial charge in [-0.1, -0.05) is 51.1 Å². The second-order valence-electron chi connectivity index (χ2n) is 12.8. The molecule has 1 aromatic rings. The van der Waals surface area contributed by atoms with Crippen LogP contribution in [0.2, 0.25) is 0 Å². The quantitative estimate of drug-likeness (QED) is 0.235. The molecule has 2 N–H and O–H groups in total. The van der Waals surface area contributed by atoms with E-state index < -0.39 is 87.9 Å². The lowest BCUT2D eigenvalue weighted by molar-refractivity contribution is -0.240. The van der Waals surface area contributed by atoms with Crippen LogP contribution >= 0.6 is 0 Å². The number of aliphatic hydroxyl groups excluding tert-OH is 1. The summed E-state index contributed by atoms with van der Waals surface area (Å²) in [6.07, 6.45) is -6.39. The van der Waals surface area contributed by atoms with Gasteiger partial charge in [0.05, 0.1) is 23.4 Å². The molecule has 2 aliphatic carbocycles. The third-order valence-electron chi connectivity index (χ3n) is 10.4. The highest BCUT2D eigenvalue weighted by molar-refractivity contribution is 5.94. The van der Waals surface area contributed by atoms with Crippen molar-refractivity contribution in [3.8, 4) is 0 Å². The highest BCUT2D eigenvalue weighted by Crippen LogP contribution is 2.84. The minimum absolute atomic E-state index is 0.232. The van der Waals surface area contributed by atoms with Gasteiger partial charge < -0.3 is 38.6 Å². The van der Waals surface area contributed by atoms with Crippen molar-refractivity contribution >= 4 is 17.9 Å². The zero-order valence-corrected chi connectivity index (χ0v) is 22.1. The van der Waals surface area contributed by atoms with Crippen LogP contribution in [-0.4, -0.2) is 76.8 Å². The van der Waals surface area contributed by atoms with Crippen LogP contribution in [0.1, 0.15) is 39.7 Å². The Morgan fingerprint density at radius 2 is 1.77 bits per heavy atom. The summed E-state index contributed by atoms with van der Waals surface area (Å²) in [5, 5.41) is 24.3. The molecule has 2 saturated carbocycles. The second-order valence-corrected chi connectivity index (χ2v) is 12.8. The lowest BCUT2D eigenvalue weighted by atomic mass is 9.51. The second kappa shape index (κ2) is 7.58. The molecule has 0 radical (unpaired) electrons. The Balaban J connectivity index is 1.36. The van der Waals surface area contributed by atoms with Gasteiger partial charge in [0.2, 0.25) is 11.9 Å². The number of aliphatic hydroxyl groups is 2. The molecule has 11 heteroatoms. The fourth-order valence-corrected chi connectivity index (χ4v) is 9.15. The Hall–Kier alpha value is -2.57. The predicted octanol–water partition coefficient (Wildman–Crippen LogP) is 0.829. The summed E-state index contributed by atoms with van der Waals surface area (Å²) in [5.41, 5.74) is -7.20. The zero-order valence-electron chi connectivity index (χ0n) is 22.1. The number of esters is 3. The van der Waals surface area contributed by atoms with Gasteiger partial charge in [-0.3, -0.25) is 4.79 Å². The van der Waals surface area contributed by atoms with Crippen LogP contribution in [0, 0.1) is 28.1 Å². The van der Waals surface area contributed by atoms with Crippen molar-refractivity contribution in [3.63, 3.8) is 0 Å². The fourth-order valence-electron chi connectivity index (χ4n) is 9.15. The molecule has 4 heterocycles. The molecule has 210 valence electrons. The Morgan fingerprint density at radius 3 is 2.46 bits per heavy atom. The molecular formula is C28H32O11. The van der Waals surface area contributed by atoms with Crippen molar-refractivity contribution in [1.82, 2.24) is 0 Å². The average Bonchev–Trinajstić information content (AvgIpc) is 3.60. The number of carbonyl (C=O) groups is 3. The lowest BCUT2D eigenvalue weighted by Gasteiger charge is -2.48. The van der Waals surface area contributed by atoms with Crippen LogP contribution in [0.3, 0.4) is 0 Å². The van der Waals surface area contributed by atoms with E-state index in [1.54, 1.807) is 0 Å². The van der Waals surface area contributed by atoms with E-state index in [0.29, 0.717) is 0 Å². The summed E-state index contributed by atoms with van der Waals surface area (Å²) < 4.78 is 35.4. The highest BCUT2D eigenvalue weighted by atomic mass is 16.8. The van der Waals surface area contributed by atoms with Crippen LogP contribution in [0.4, 0.5) is 0 Å². The maximum absolute atomic E-state index is 13.8. The first-order chi connectivity index (χ1) is 18.4. The Bertz CT molecular complexity index is 1260. The fraction of sp³-hybridized carbons (Fsp3) is 0.679. The first-order valence-electron chi connectivity index (χ1n) is 13.3. The summed E-state index contributed by atoms with van der Waals surface area (Å²) in [6.45, 7) is 7.32. The zero-order chi connectivity index (χ0) is 27.8. The minimum atomic E-state index is -2.25. The number of carbonyl (C=O) groups excluding carboxylic acids is 3. The van der Waals surface area contributed by atoms with E-state index in [1.165, 1.54) is 6.92 Å². The van der Waals surface area contributed by atoms with Crippen molar-refractivity contribution in [1.29, 1.82) is 0 Å². The van der Waals surface area contributed by atoms with E-state index in [2.05, 4.69) is 0 Å². The molecule has 11 atom stereocenters. The van der Waals surface area contributed by atoms with E-state index in [-0.39, 0.29) is 19.8 Å². The van der Waals surface area contributed by atoms with Crippen LogP contribution in [-0.2, 0) is 49.4 Å². The largest absolute Gasteiger partial charge is 0.459 e. The smallest absolute Gasteiger partial charge is 0.343 e. The Kier molecular flexibility index (Phi) is 4.94. The molecule has 1 aromatic carbocycles. The summed E-state index contributed by atoms with van der Waals surface area (Å²) in [6, 6.07) is 9.44. The number of fused-ring (bicyclic) bond motifs is 1. The number of ether oxygens (including phenoxy) is 6. The Morgan fingerprint density at radius 1 is 1.05 bits per heavy atom. The molecule has 4 aliphatic heterocycles. The van der Waals surface area contributed by atoms with Crippen LogP contribution in [0.25, 0.3) is 0 Å². The number of benzene rings is 1. The van der Waals surface area contributed by atoms with Crippen molar-refractivity contribution in [2.45, 2.75) is 82.6 Å². The summed E-state index contributed by atoms with van der Waals surface area (Å²) in [7, 11) is 0. The van der Waals surface area contributed by atoms with Gasteiger partial charge in [-0.15, -0.1) is 0 Å². The molecule has 0 bridgehead atoms. The average molecular weight is 545 g/mol. The van der Waals surface area contributed by atoms with E-state index in [9.17, 15) is 24.6 Å². The summed E-state index contributed by atoms with van der Waals surface area (Å²) in [4.78, 5) is 39.9. The molecule has 0 amide bonds. The van der Waals surface area contributed by atoms with Gasteiger partial charge in [-0.25, -0.2) is 9.59 Å². The number of hydrogen-bond acceptors (Lipinski definition) is 11. The van der Waals surface area contributed by atoms with Gasteiger partial charge >= 0.3 is 17.9 Å². The monoisotopic (exact) mass is 544 g/mol. The van der Waals surface area contributed by atoms with Gasteiger partial charge in [-0.2, -0.15) is 0 Å². The topological polar surface area (TPSA) is 147 Å². The van der Waals surface area contributed by atoms with Gasteiger partial charge in [0.1, 0.15) is 19.0 Å². The molecule has 6 fully saturated rings. The number of hydrogen-bond donors (Lipinski definition) is 2. The minimum Gasteiger partial charge on any atom is -0.459 e. The molecule has 39 heavy (non-hydrogen) atoms. The third-order valence-corrected chi connectivity index (χ3v) is 10.4. The molecule has 0 aromatic heterocycles. The van der Waals surface area contributed by atoms with E-state index in [1.807, 2.05) is 51.1 Å². The normalized spacial score (nSPS) is 48.9.